The quantitative estimate of drug-likeness (QED) is 0.919. The van der Waals surface area contributed by atoms with Gasteiger partial charge in [0, 0.05) is 17.5 Å². The first kappa shape index (κ1) is 12.6. The predicted molar refractivity (Wildman–Crippen MR) is 69.5 cm³/mol. The number of piperidine rings is 1. The van der Waals surface area contributed by atoms with Crippen LogP contribution in [0.4, 0.5) is 4.39 Å². The van der Waals surface area contributed by atoms with E-state index in [1.807, 2.05) is 0 Å². The number of aromatic nitrogens is 2. The normalized spacial score (nSPS) is 19.6. The Labute approximate surface area is 115 Å². The molecule has 0 amide bonds. The maximum atomic E-state index is 13.8. The fourth-order valence-corrected chi connectivity index (χ4v) is 2.40. The van der Waals surface area contributed by atoms with Crippen LogP contribution in [-0.2, 0) is 0 Å². The van der Waals surface area contributed by atoms with Crippen molar-refractivity contribution in [2.24, 2.45) is 0 Å². The fourth-order valence-electron chi connectivity index (χ4n) is 2.25. The molecule has 1 aromatic heterocycles. The zero-order valence-electron chi connectivity index (χ0n) is 10.2. The summed E-state index contributed by atoms with van der Waals surface area (Å²) in [5.74, 6) is 0.623. The number of nitrogens with one attached hydrogen (secondary N) is 1. The van der Waals surface area contributed by atoms with Crippen molar-refractivity contribution in [3.63, 3.8) is 0 Å². The summed E-state index contributed by atoms with van der Waals surface area (Å²) in [6.07, 6.45) is 2.11. The van der Waals surface area contributed by atoms with Crippen molar-refractivity contribution in [2.75, 3.05) is 13.1 Å². The van der Waals surface area contributed by atoms with Gasteiger partial charge in [0.1, 0.15) is 5.82 Å². The Balaban J connectivity index is 1.87. The highest BCUT2D eigenvalue weighted by Crippen LogP contribution is 2.27. The lowest BCUT2D eigenvalue weighted by molar-refractivity contribution is 0.392. The van der Waals surface area contributed by atoms with Crippen molar-refractivity contribution in [1.29, 1.82) is 0 Å². The first-order valence-corrected chi connectivity index (χ1v) is 6.61. The van der Waals surface area contributed by atoms with Crippen LogP contribution < -0.4 is 5.32 Å². The maximum absolute atomic E-state index is 13.8. The summed E-state index contributed by atoms with van der Waals surface area (Å²) in [5, 5.41) is 7.59. The molecule has 0 aliphatic carbocycles. The van der Waals surface area contributed by atoms with Gasteiger partial charge in [-0.25, -0.2) is 4.39 Å². The van der Waals surface area contributed by atoms with E-state index in [0.717, 1.165) is 25.9 Å². The maximum Gasteiger partial charge on any atom is 0.260 e. The van der Waals surface area contributed by atoms with Crippen molar-refractivity contribution >= 4 is 11.6 Å². The van der Waals surface area contributed by atoms with E-state index in [1.54, 1.807) is 12.1 Å². The van der Waals surface area contributed by atoms with E-state index in [4.69, 9.17) is 16.1 Å². The molecule has 1 saturated heterocycles. The van der Waals surface area contributed by atoms with Crippen molar-refractivity contribution < 1.29 is 8.91 Å². The molecular weight excluding hydrogens is 269 g/mol. The predicted octanol–water partition coefficient (Wildman–Crippen LogP) is 3.00. The van der Waals surface area contributed by atoms with Gasteiger partial charge in [-0.05, 0) is 37.6 Å². The van der Waals surface area contributed by atoms with Gasteiger partial charge in [-0.2, -0.15) is 4.98 Å². The lowest BCUT2D eigenvalue weighted by atomic mass is 9.99. The largest absolute Gasteiger partial charge is 0.334 e. The summed E-state index contributed by atoms with van der Waals surface area (Å²) in [5.41, 5.74) is 0.284. The van der Waals surface area contributed by atoms with Crippen molar-refractivity contribution in [3.05, 3.63) is 34.9 Å². The van der Waals surface area contributed by atoms with Crippen LogP contribution in [0.3, 0.4) is 0 Å². The summed E-state index contributed by atoms with van der Waals surface area (Å²) in [4.78, 5) is 4.29. The zero-order chi connectivity index (χ0) is 13.2. The van der Waals surface area contributed by atoms with Crippen LogP contribution in [-0.4, -0.2) is 23.2 Å². The highest BCUT2D eigenvalue weighted by atomic mass is 35.5. The summed E-state index contributed by atoms with van der Waals surface area (Å²) in [6.45, 7) is 1.86. The zero-order valence-corrected chi connectivity index (χ0v) is 11.0. The molecule has 1 aliphatic rings. The minimum atomic E-state index is -0.454. The van der Waals surface area contributed by atoms with Crippen LogP contribution in [0.1, 0.15) is 24.6 Å². The Bertz CT molecular complexity index is 581. The minimum absolute atomic E-state index is 0.203. The monoisotopic (exact) mass is 281 g/mol. The molecule has 3 rings (SSSR count). The van der Waals surface area contributed by atoms with Gasteiger partial charge in [0.25, 0.3) is 5.89 Å². The van der Waals surface area contributed by atoms with Crippen LogP contribution in [0.15, 0.2) is 22.7 Å². The molecule has 0 bridgehead atoms. The van der Waals surface area contributed by atoms with Crippen LogP contribution in [0.2, 0.25) is 5.02 Å². The van der Waals surface area contributed by atoms with E-state index < -0.39 is 5.82 Å². The molecule has 4 nitrogen and oxygen atoms in total. The summed E-state index contributed by atoms with van der Waals surface area (Å²) in [6, 6.07) is 4.39. The molecule has 100 valence electrons. The Kier molecular flexibility index (Phi) is 3.48. The third kappa shape index (κ3) is 2.62. The van der Waals surface area contributed by atoms with Gasteiger partial charge in [-0.3, -0.25) is 0 Å². The Hall–Kier alpha value is -1.46. The molecule has 1 aromatic carbocycles. The van der Waals surface area contributed by atoms with E-state index in [0.29, 0.717) is 10.8 Å². The van der Waals surface area contributed by atoms with Crippen LogP contribution in [0.25, 0.3) is 11.5 Å². The molecule has 2 aromatic rings. The standard InChI is InChI=1S/C13H13ClFN3O/c14-9-3-4-10(11(15)6-9)13-17-12(18-19-13)8-2-1-5-16-7-8/h3-4,6,8,16H,1-2,5,7H2. The van der Waals surface area contributed by atoms with E-state index in [-0.39, 0.29) is 17.4 Å². The molecule has 1 N–H and O–H groups in total. The van der Waals surface area contributed by atoms with Gasteiger partial charge in [0.15, 0.2) is 5.82 Å². The van der Waals surface area contributed by atoms with Gasteiger partial charge < -0.3 is 9.84 Å². The molecule has 1 aliphatic heterocycles. The molecular formula is C13H13ClFN3O. The van der Waals surface area contributed by atoms with E-state index in [2.05, 4.69) is 15.5 Å². The van der Waals surface area contributed by atoms with E-state index >= 15 is 0 Å². The Morgan fingerprint density at radius 1 is 1.42 bits per heavy atom. The van der Waals surface area contributed by atoms with Crippen LogP contribution in [0.5, 0.6) is 0 Å². The lowest BCUT2D eigenvalue weighted by Crippen LogP contribution is -2.28. The molecule has 0 spiro atoms. The Morgan fingerprint density at radius 3 is 3.05 bits per heavy atom. The summed E-state index contributed by atoms with van der Waals surface area (Å²) in [7, 11) is 0. The minimum Gasteiger partial charge on any atom is -0.334 e. The smallest absolute Gasteiger partial charge is 0.260 e. The summed E-state index contributed by atoms with van der Waals surface area (Å²) < 4.78 is 18.9. The second-order valence-corrected chi connectivity index (χ2v) is 5.06. The summed E-state index contributed by atoms with van der Waals surface area (Å²) >= 11 is 5.72. The highest BCUT2D eigenvalue weighted by molar-refractivity contribution is 6.30. The van der Waals surface area contributed by atoms with Gasteiger partial charge in [-0.15, -0.1) is 0 Å². The van der Waals surface area contributed by atoms with Crippen LogP contribution >= 0.6 is 11.6 Å². The lowest BCUT2D eigenvalue weighted by Gasteiger charge is -2.19. The van der Waals surface area contributed by atoms with Crippen molar-refractivity contribution in [2.45, 2.75) is 18.8 Å². The third-order valence-corrected chi connectivity index (χ3v) is 3.50. The molecule has 0 radical (unpaired) electrons. The fraction of sp³-hybridized carbons (Fsp3) is 0.385. The average Bonchev–Trinajstić information content (AvgIpc) is 2.89. The highest BCUT2D eigenvalue weighted by Gasteiger charge is 2.22. The molecule has 0 saturated carbocycles. The number of nitrogens with zero attached hydrogens (tertiary/aromatic N) is 2. The first-order valence-electron chi connectivity index (χ1n) is 6.24. The number of hydrogen-bond donors (Lipinski definition) is 1. The topological polar surface area (TPSA) is 51.0 Å². The van der Waals surface area contributed by atoms with Crippen LogP contribution in [0, 0.1) is 5.82 Å². The molecule has 1 atom stereocenters. The van der Waals surface area contributed by atoms with Gasteiger partial charge >= 0.3 is 0 Å². The Morgan fingerprint density at radius 2 is 2.32 bits per heavy atom. The number of benzene rings is 1. The number of hydrogen-bond acceptors (Lipinski definition) is 4. The number of halogens is 2. The van der Waals surface area contributed by atoms with Gasteiger partial charge in [-0.1, -0.05) is 16.8 Å². The average molecular weight is 282 g/mol. The van der Waals surface area contributed by atoms with Gasteiger partial charge in [0.2, 0.25) is 0 Å². The number of rotatable bonds is 2. The second kappa shape index (κ2) is 5.27. The molecule has 1 fully saturated rings. The molecule has 2 heterocycles. The van der Waals surface area contributed by atoms with Crippen molar-refractivity contribution in [1.82, 2.24) is 15.5 Å². The third-order valence-electron chi connectivity index (χ3n) is 3.27. The van der Waals surface area contributed by atoms with Crippen molar-refractivity contribution in [3.8, 4) is 11.5 Å². The SMILES string of the molecule is Fc1cc(Cl)ccc1-c1nc(C2CCCNC2)no1. The first-order chi connectivity index (χ1) is 9.24. The molecule has 19 heavy (non-hydrogen) atoms. The van der Waals surface area contributed by atoms with E-state index in [1.165, 1.54) is 6.07 Å². The molecule has 6 heteroatoms. The van der Waals surface area contributed by atoms with E-state index in [9.17, 15) is 4.39 Å². The second-order valence-electron chi connectivity index (χ2n) is 4.63. The van der Waals surface area contributed by atoms with Gasteiger partial charge in [0.05, 0.1) is 5.56 Å². The molecule has 1 unspecified atom stereocenters.